The van der Waals surface area contributed by atoms with Crippen molar-refractivity contribution in [1.82, 2.24) is 20.4 Å². The molecule has 5 aromatic rings. The highest BCUT2D eigenvalue weighted by molar-refractivity contribution is 6.07. The van der Waals surface area contributed by atoms with Crippen molar-refractivity contribution in [1.29, 1.82) is 0 Å². The van der Waals surface area contributed by atoms with E-state index in [4.69, 9.17) is 14.0 Å². The lowest BCUT2D eigenvalue weighted by molar-refractivity contribution is 0.0941. The van der Waals surface area contributed by atoms with E-state index in [2.05, 4.69) is 20.4 Å². The van der Waals surface area contributed by atoms with Crippen molar-refractivity contribution in [3.63, 3.8) is 0 Å². The summed E-state index contributed by atoms with van der Waals surface area (Å²) in [4.78, 5) is 22.1. The highest BCUT2D eigenvalue weighted by atomic mass is 16.5. The fraction of sp³-hybridized carbons (Fsp3) is 0.172. The quantitative estimate of drug-likeness (QED) is 0.297. The van der Waals surface area contributed by atoms with E-state index in [1.165, 1.54) is 0 Å². The smallest absolute Gasteiger partial charge is 0.259 e. The zero-order valence-electron chi connectivity index (χ0n) is 20.8. The lowest BCUT2D eigenvalue weighted by Crippen LogP contribution is -2.27. The van der Waals surface area contributed by atoms with E-state index in [0.717, 1.165) is 16.7 Å². The average molecular weight is 495 g/mol. The van der Waals surface area contributed by atoms with E-state index in [1.807, 2.05) is 67.6 Å². The number of carbonyl (C=O) groups is 1. The molecule has 0 bridgehead atoms. The van der Waals surface area contributed by atoms with Crippen LogP contribution >= 0.6 is 0 Å². The lowest BCUT2D eigenvalue weighted by atomic mass is 10.0. The normalized spacial score (nSPS) is 11.8. The van der Waals surface area contributed by atoms with Crippen LogP contribution in [0.25, 0.3) is 22.4 Å². The van der Waals surface area contributed by atoms with Gasteiger partial charge in [0.25, 0.3) is 11.6 Å². The number of rotatable bonds is 8. The van der Waals surface area contributed by atoms with Crippen molar-refractivity contribution < 1.29 is 18.8 Å². The van der Waals surface area contributed by atoms with Crippen molar-refractivity contribution in [3.8, 4) is 22.8 Å². The molecule has 37 heavy (non-hydrogen) atoms. The first-order valence-corrected chi connectivity index (χ1v) is 11.9. The Bertz CT molecular complexity index is 1530. The molecule has 1 atom stereocenters. The van der Waals surface area contributed by atoms with Crippen molar-refractivity contribution in [2.75, 3.05) is 7.11 Å². The molecular formula is C29H26N4O4. The van der Waals surface area contributed by atoms with Crippen LogP contribution < -0.4 is 14.8 Å². The minimum atomic E-state index is -0.306. The Morgan fingerprint density at radius 3 is 2.57 bits per heavy atom. The van der Waals surface area contributed by atoms with Crippen molar-refractivity contribution in [3.05, 3.63) is 102 Å². The molecular weight excluding hydrogens is 468 g/mol. The van der Waals surface area contributed by atoms with E-state index >= 15 is 0 Å². The summed E-state index contributed by atoms with van der Waals surface area (Å²) in [5, 5.41) is 7.72. The van der Waals surface area contributed by atoms with Gasteiger partial charge in [-0.15, -0.1) is 0 Å². The Hall–Kier alpha value is -4.72. The second-order valence-corrected chi connectivity index (χ2v) is 8.62. The minimum absolute atomic E-state index is 0.250. The lowest BCUT2D eigenvalue weighted by Gasteiger charge is -2.18. The van der Waals surface area contributed by atoms with Gasteiger partial charge in [-0.1, -0.05) is 41.6 Å². The molecule has 1 unspecified atom stereocenters. The Labute approximate surface area is 214 Å². The molecule has 3 heterocycles. The second kappa shape index (κ2) is 10.5. The first-order valence-electron chi connectivity index (χ1n) is 11.9. The maximum Gasteiger partial charge on any atom is 0.259 e. The fourth-order valence-electron chi connectivity index (χ4n) is 4.10. The molecule has 0 saturated heterocycles. The van der Waals surface area contributed by atoms with Crippen LogP contribution in [-0.2, 0) is 6.61 Å². The molecule has 0 saturated carbocycles. The van der Waals surface area contributed by atoms with Crippen LogP contribution in [0.2, 0.25) is 0 Å². The Morgan fingerprint density at radius 2 is 1.81 bits per heavy atom. The maximum atomic E-state index is 13.5. The van der Waals surface area contributed by atoms with Gasteiger partial charge in [0.05, 0.1) is 35.5 Å². The largest absolute Gasteiger partial charge is 0.493 e. The monoisotopic (exact) mass is 494 g/mol. The summed E-state index contributed by atoms with van der Waals surface area (Å²) >= 11 is 0. The number of benzene rings is 2. The van der Waals surface area contributed by atoms with E-state index in [-0.39, 0.29) is 11.9 Å². The number of hydrogen-bond acceptors (Lipinski definition) is 7. The topological polar surface area (TPSA) is 99.4 Å². The summed E-state index contributed by atoms with van der Waals surface area (Å²) in [6, 6.07) is 20.5. The number of aromatic nitrogens is 3. The van der Waals surface area contributed by atoms with Crippen LogP contribution in [0.15, 0.2) is 83.6 Å². The van der Waals surface area contributed by atoms with Crippen molar-refractivity contribution in [2.24, 2.45) is 0 Å². The Balaban J connectivity index is 1.38. The second-order valence-electron chi connectivity index (χ2n) is 8.62. The predicted octanol–water partition coefficient (Wildman–Crippen LogP) is 5.67. The van der Waals surface area contributed by atoms with Gasteiger partial charge in [-0.3, -0.25) is 9.78 Å². The average Bonchev–Trinajstić information content (AvgIpc) is 3.32. The molecule has 0 aliphatic carbocycles. The first kappa shape index (κ1) is 24.0. The summed E-state index contributed by atoms with van der Waals surface area (Å²) < 4.78 is 16.9. The zero-order valence-corrected chi connectivity index (χ0v) is 20.8. The molecule has 1 N–H and O–H groups in total. The predicted molar refractivity (Wildman–Crippen MR) is 139 cm³/mol. The molecule has 5 rings (SSSR count). The zero-order chi connectivity index (χ0) is 25.8. The molecule has 186 valence electrons. The molecule has 0 aliphatic heterocycles. The summed E-state index contributed by atoms with van der Waals surface area (Å²) in [5.41, 5.74) is 4.79. The van der Waals surface area contributed by atoms with Crippen LogP contribution in [0.3, 0.4) is 0 Å². The van der Waals surface area contributed by atoms with Crippen LogP contribution in [0.1, 0.15) is 40.1 Å². The summed E-state index contributed by atoms with van der Waals surface area (Å²) in [7, 11) is 1.59. The van der Waals surface area contributed by atoms with Gasteiger partial charge in [0.15, 0.2) is 11.5 Å². The number of methoxy groups -OCH3 is 1. The molecule has 3 aromatic heterocycles. The number of fused-ring (bicyclic) bond motifs is 1. The van der Waals surface area contributed by atoms with Gasteiger partial charge >= 0.3 is 0 Å². The van der Waals surface area contributed by atoms with E-state index < -0.39 is 0 Å². The number of amides is 1. The highest BCUT2D eigenvalue weighted by Crippen LogP contribution is 2.32. The van der Waals surface area contributed by atoms with Crippen LogP contribution in [0, 0.1) is 6.92 Å². The molecule has 0 spiro atoms. The van der Waals surface area contributed by atoms with Crippen LogP contribution in [-0.4, -0.2) is 28.1 Å². The molecule has 8 heteroatoms. The van der Waals surface area contributed by atoms with Crippen molar-refractivity contribution >= 4 is 17.0 Å². The number of carbonyl (C=O) groups excluding carboxylic acids is 1. The number of aryl methyl sites for hydroxylation is 1. The summed E-state index contributed by atoms with van der Waals surface area (Å²) in [6.45, 7) is 4.11. The molecule has 2 aromatic carbocycles. The third-order valence-corrected chi connectivity index (χ3v) is 6.11. The van der Waals surface area contributed by atoms with Crippen molar-refractivity contribution in [2.45, 2.75) is 26.5 Å². The Morgan fingerprint density at radius 1 is 1.03 bits per heavy atom. The standard InChI is InChI=1S/C29H26N4O4/c1-18(22-9-10-25(26(15-22)35-3)36-17-20-11-13-30-14-12-20)31-28(34)23-16-24(21-7-5-4-6-8-21)32-29-27(23)19(2)33-37-29/h4-16,18H,17H2,1-3H3,(H,31,34). The SMILES string of the molecule is COc1cc(C(C)NC(=O)c2cc(-c3ccccc3)nc3onc(C)c23)ccc1OCc1ccncc1. The van der Waals surface area contributed by atoms with Gasteiger partial charge in [0.2, 0.25) is 0 Å². The maximum absolute atomic E-state index is 13.5. The third kappa shape index (κ3) is 5.13. The van der Waals surface area contributed by atoms with E-state index in [1.54, 1.807) is 32.5 Å². The Kier molecular flexibility index (Phi) is 6.81. The summed E-state index contributed by atoms with van der Waals surface area (Å²) in [5.74, 6) is 0.950. The summed E-state index contributed by atoms with van der Waals surface area (Å²) in [6.07, 6.45) is 3.45. The van der Waals surface area contributed by atoms with E-state index in [0.29, 0.717) is 46.2 Å². The van der Waals surface area contributed by atoms with Gasteiger partial charge in [0, 0.05) is 18.0 Å². The number of pyridine rings is 2. The molecule has 0 radical (unpaired) electrons. The molecule has 0 fully saturated rings. The van der Waals surface area contributed by atoms with Gasteiger partial charge in [-0.2, -0.15) is 0 Å². The minimum Gasteiger partial charge on any atom is -0.493 e. The van der Waals surface area contributed by atoms with Gasteiger partial charge in [-0.05, 0) is 55.3 Å². The van der Waals surface area contributed by atoms with Gasteiger partial charge in [0.1, 0.15) is 6.61 Å². The van der Waals surface area contributed by atoms with Gasteiger partial charge < -0.3 is 19.3 Å². The number of nitrogens with one attached hydrogen (secondary N) is 1. The van der Waals surface area contributed by atoms with E-state index in [9.17, 15) is 4.79 Å². The number of nitrogens with zero attached hydrogens (tertiary/aromatic N) is 3. The van der Waals surface area contributed by atoms with Gasteiger partial charge in [-0.25, -0.2) is 4.98 Å². The third-order valence-electron chi connectivity index (χ3n) is 6.11. The van der Waals surface area contributed by atoms with Crippen LogP contribution in [0.4, 0.5) is 0 Å². The molecule has 8 nitrogen and oxygen atoms in total. The molecule has 0 aliphatic rings. The number of hydrogen-bond donors (Lipinski definition) is 1. The first-order chi connectivity index (χ1) is 18.0. The van der Waals surface area contributed by atoms with Crippen LogP contribution in [0.5, 0.6) is 11.5 Å². The fourth-order valence-corrected chi connectivity index (χ4v) is 4.10. The highest BCUT2D eigenvalue weighted by Gasteiger charge is 2.21. The number of ether oxygens (including phenoxy) is 2. The molecule has 1 amide bonds.